The number of hydrogen-bond donors (Lipinski definition) is 2. The molecule has 0 bridgehead atoms. The SMILES string of the molecule is C[C@@H]1OCC2(CCN(c3nc(N)c(Sc4cccc(-c5ncco5)c4Cl)nc3Cl)CC2)[C@@H]1NC(=O)OC(C)(C)C. The maximum Gasteiger partial charge on any atom is 0.407 e. The summed E-state index contributed by atoms with van der Waals surface area (Å²) in [6.45, 7) is 9.40. The van der Waals surface area contributed by atoms with E-state index in [0.717, 1.165) is 17.7 Å². The molecule has 4 heterocycles. The average Bonchev–Trinajstić information content (AvgIpc) is 3.52. The van der Waals surface area contributed by atoms with Crippen molar-refractivity contribution in [1.29, 1.82) is 0 Å². The van der Waals surface area contributed by atoms with Gasteiger partial charge in [0.05, 0.1) is 35.5 Å². The molecular formula is C27H32Cl2N6O4S. The molecule has 0 radical (unpaired) electrons. The van der Waals surface area contributed by atoms with Gasteiger partial charge in [-0.1, -0.05) is 41.0 Å². The number of nitrogen functional groups attached to an aromatic ring is 1. The molecule has 10 nitrogen and oxygen atoms in total. The van der Waals surface area contributed by atoms with Gasteiger partial charge in [0.2, 0.25) is 5.89 Å². The van der Waals surface area contributed by atoms with E-state index in [0.29, 0.717) is 47.0 Å². The fourth-order valence-corrected chi connectivity index (χ4v) is 6.66. The van der Waals surface area contributed by atoms with Crippen LogP contribution in [0.4, 0.5) is 16.4 Å². The minimum absolute atomic E-state index is 0.122. The molecule has 1 aromatic carbocycles. The number of benzene rings is 1. The van der Waals surface area contributed by atoms with Gasteiger partial charge < -0.3 is 29.8 Å². The van der Waals surface area contributed by atoms with Crippen molar-refractivity contribution in [2.45, 2.75) is 68.2 Å². The molecule has 0 saturated carbocycles. The van der Waals surface area contributed by atoms with Gasteiger partial charge in [-0.2, -0.15) is 0 Å². The number of aromatic nitrogens is 3. The summed E-state index contributed by atoms with van der Waals surface area (Å²) in [6, 6.07) is 5.39. The number of nitrogens with one attached hydrogen (secondary N) is 1. The lowest BCUT2D eigenvalue weighted by atomic mass is 9.73. The van der Waals surface area contributed by atoms with Gasteiger partial charge in [-0.15, -0.1) is 0 Å². The van der Waals surface area contributed by atoms with Crippen LogP contribution in [0.25, 0.3) is 11.5 Å². The van der Waals surface area contributed by atoms with E-state index in [4.69, 9.17) is 42.8 Å². The standard InChI is InChI=1S/C27H32Cl2N6O4S/c1-15-19(32-25(36)39-26(2,3)4)27(14-38-15)8-11-35(12-9-27)22-20(29)33-24(21(30)34-22)40-17-7-5-6-16(18(17)28)23-31-10-13-37-23/h5-7,10,13,15,19H,8-9,11-12,14H2,1-4H3,(H2,30,34)(H,32,36)/t15-,19+/m0/s1. The second kappa shape index (κ2) is 11.3. The Bertz CT molecular complexity index is 1380. The zero-order chi connectivity index (χ0) is 28.7. The Kier molecular flexibility index (Phi) is 8.11. The summed E-state index contributed by atoms with van der Waals surface area (Å²) in [5.41, 5.74) is 6.23. The molecule has 2 saturated heterocycles. The summed E-state index contributed by atoms with van der Waals surface area (Å²) in [4.78, 5) is 28.7. The zero-order valence-corrected chi connectivity index (χ0v) is 25.1. The quantitative estimate of drug-likeness (QED) is 0.353. The third kappa shape index (κ3) is 5.97. The molecule has 40 heavy (non-hydrogen) atoms. The number of rotatable bonds is 5. The fourth-order valence-electron chi connectivity index (χ4n) is 5.20. The zero-order valence-electron chi connectivity index (χ0n) is 22.7. The molecule has 13 heteroatoms. The Morgan fingerprint density at radius 1 is 1.25 bits per heavy atom. The topological polar surface area (TPSA) is 129 Å². The number of oxazole rings is 1. The number of hydrogen-bond acceptors (Lipinski definition) is 10. The Hall–Kier alpha value is -2.73. The van der Waals surface area contributed by atoms with E-state index < -0.39 is 11.7 Å². The summed E-state index contributed by atoms with van der Waals surface area (Å²) in [7, 11) is 0. The number of piperidine rings is 1. The van der Waals surface area contributed by atoms with E-state index in [1.54, 1.807) is 6.20 Å². The fraction of sp³-hybridized carbons (Fsp3) is 0.481. The Balaban J connectivity index is 1.29. The van der Waals surface area contributed by atoms with Gasteiger partial charge in [0.25, 0.3) is 0 Å². The van der Waals surface area contributed by atoms with Crippen LogP contribution in [-0.4, -0.2) is 58.5 Å². The summed E-state index contributed by atoms with van der Waals surface area (Å²) in [5, 5.41) is 4.25. The van der Waals surface area contributed by atoms with E-state index in [-0.39, 0.29) is 28.5 Å². The molecular weight excluding hydrogens is 575 g/mol. The summed E-state index contributed by atoms with van der Waals surface area (Å²) in [5.74, 6) is 1.21. The molecule has 3 N–H and O–H groups in total. The van der Waals surface area contributed by atoms with Crippen molar-refractivity contribution in [3.63, 3.8) is 0 Å². The van der Waals surface area contributed by atoms with Crippen molar-refractivity contribution in [3.8, 4) is 11.5 Å². The van der Waals surface area contributed by atoms with Crippen molar-refractivity contribution in [2.75, 3.05) is 30.3 Å². The number of nitrogens with zero attached hydrogens (tertiary/aromatic N) is 4. The Labute approximate surface area is 247 Å². The van der Waals surface area contributed by atoms with Crippen molar-refractivity contribution in [2.24, 2.45) is 5.41 Å². The van der Waals surface area contributed by atoms with Crippen LogP contribution >= 0.6 is 35.0 Å². The summed E-state index contributed by atoms with van der Waals surface area (Å²) >= 11 is 14.6. The molecule has 1 amide bonds. The Morgan fingerprint density at radius 2 is 2.00 bits per heavy atom. The number of alkyl carbamates (subject to hydrolysis) is 1. The first kappa shape index (κ1) is 28.8. The third-order valence-electron chi connectivity index (χ3n) is 7.16. The van der Waals surface area contributed by atoms with Crippen molar-refractivity contribution >= 4 is 52.7 Å². The summed E-state index contributed by atoms with van der Waals surface area (Å²) < 4.78 is 16.9. The van der Waals surface area contributed by atoms with Crippen LogP contribution < -0.4 is 16.0 Å². The number of ether oxygens (including phenoxy) is 2. The molecule has 0 aliphatic carbocycles. The normalized spacial score (nSPS) is 20.6. The lowest BCUT2D eigenvalue weighted by molar-refractivity contribution is 0.0434. The molecule has 2 aliphatic rings. The van der Waals surface area contributed by atoms with Crippen LogP contribution in [0.2, 0.25) is 10.2 Å². The minimum atomic E-state index is -0.576. The highest BCUT2D eigenvalue weighted by atomic mass is 35.5. The predicted octanol–water partition coefficient (Wildman–Crippen LogP) is 6.07. The van der Waals surface area contributed by atoms with Gasteiger partial charge in [-0.05, 0) is 52.7 Å². The maximum atomic E-state index is 12.5. The molecule has 2 atom stereocenters. The molecule has 3 aromatic rings. The first-order chi connectivity index (χ1) is 19.0. The van der Waals surface area contributed by atoms with E-state index in [1.807, 2.05) is 45.9 Å². The van der Waals surface area contributed by atoms with Gasteiger partial charge in [-0.25, -0.2) is 19.7 Å². The number of carbonyl (C=O) groups is 1. The molecule has 214 valence electrons. The lowest BCUT2D eigenvalue weighted by Gasteiger charge is -2.43. The molecule has 1 spiro atoms. The molecule has 2 aliphatic heterocycles. The monoisotopic (exact) mass is 606 g/mol. The van der Waals surface area contributed by atoms with Crippen LogP contribution in [0.5, 0.6) is 0 Å². The average molecular weight is 608 g/mol. The van der Waals surface area contributed by atoms with Crippen molar-refractivity contribution in [1.82, 2.24) is 20.3 Å². The van der Waals surface area contributed by atoms with Crippen LogP contribution in [0.1, 0.15) is 40.5 Å². The lowest BCUT2D eigenvalue weighted by Crippen LogP contribution is -2.55. The van der Waals surface area contributed by atoms with Crippen molar-refractivity contribution < 1.29 is 18.7 Å². The number of amides is 1. The highest BCUT2D eigenvalue weighted by Gasteiger charge is 2.50. The smallest absolute Gasteiger partial charge is 0.407 e. The molecule has 2 aromatic heterocycles. The molecule has 5 rings (SSSR count). The Morgan fingerprint density at radius 3 is 2.67 bits per heavy atom. The van der Waals surface area contributed by atoms with Gasteiger partial charge >= 0.3 is 6.09 Å². The van der Waals surface area contributed by atoms with Gasteiger partial charge in [0.15, 0.2) is 16.8 Å². The van der Waals surface area contributed by atoms with Crippen molar-refractivity contribution in [3.05, 3.63) is 40.8 Å². The number of nitrogens with two attached hydrogens (primary N) is 1. The predicted molar refractivity (Wildman–Crippen MR) is 155 cm³/mol. The molecule has 0 unspecified atom stereocenters. The van der Waals surface area contributed by atoms with E-state index in [2.05, 4.69) is 25.2 Å². The van der Waals surface area contributed by atoms with Crippen LogP contribution in [0.3, 0.4) is 0 Å². The van der Waals surface area contributed by atoms with E-state index >= 15 is 0 Å². The largest absolute Gasteiger partial charge is 0.444 e. The maximum absolute atomic E-state index is 12.5. The van der Waals surface area contributed by atoms with E-state index in [1.165, 1.54) is 18.0 Å². The van der Waals surface area contributed by atoms with Gasteiger partial charge in [0.1, 0.15) is 16.9 Å². The second-order valence-corrected chi connectivity index (χ2v) is 12.8. The van der Waals surface area contributed by atoms with Crippen LogP contribution in [0, 0.1) is 5.41 Å². The highest BCUT2D eigenvalue weighted by molar-refractivity contribution is 7.99. The second-order valence-electron chi connectivity index (χ2n) is 11.1. The first-order valence-corrected chi connectivity index (χ1v) is 14.6. The number of halogens is 2. The number of anilines is 2. The molecule has 2 fully saturated rings. The number of carbonyl (C=O) groups excluding carboxylic acids is 1. The minimum Gasteiger partial charge on any atom is -0.444 e. The van der Waals surface area contributed by atoms with Crippen LogP contribution in [0.15, 0.2) is 45.0 Å². The van der Waals surface area contributed by atoms with E-state index in [9.17, 15) is 4.79 Å². The van der Waals surface area contributed by atoms with Gasteiger partial charge in [-0.3, -0.25) is 0 Å². The van der Waals surface area contributed by atoms with Crippen LogP contribution in [-0.2, 0) is 9.47 Å². The third-order valence-corrected chi connectivity index (χ3v) is 8.98. The summed E-state index contributed by atoms with van der Waals surface area (Å²) in [6.07, 6.45) is 4.05. The first-order valence-electron chi connectivity index (χ1n) is 13.0. The highest BCUT2D eigenvalue weighted by Crippen LogP contribution is 2.45. The van der Waals surface area contributed by atoms with Gasteiger partial charge in [0, 0.05) is 23.4 Å².